The van der Waals surface area contributed by atoms with Gasteiger partial charge >= 0.3 is 5.97 Å². The minimum Gasteiger partial charge on any atom is -0.452 e. The van der Waals surface area contributed by atoms with Crippen LogP contribution in [0.4, 0.5) is 0 Å². The molecule has 1 N–H and O–H groups in total. The lowest BCUT2D eigenvalue weighted by molar-refractivity contribution is -0.124. The topological polar surface area (TPSA) is 73.2 Å². The van der Waals surface area contributed by atoms with Crippen LogP contribution in [0, 0.1) is 13.8 Å². The van der Waals surface area contributed by atoms with Crippen molar-refractivity contribution in [3.8, 4) is 0 Å². The maximum atomic E-state index is 12.9. The maximum absolute atomic E-state index is 12.9. The minimum absolute atomic E-state index is 0.309. The number of hydrogen-bond donors (Lipinski definition) is 1. The van der Waals surface area contributed by atoms with Crippen LogP contribution in [0.15, 0.2) is 60.7 Å². The van der Waals surface area contributed by atoms with E-state index in [1.807, 2.05) is 73.1 Å². The number of aromatic nitrogens is 2. The summed E-state index contributed by atoms with van der Waals surface area (Å²) < 4.78 is 7.30. The summed E-state index contributed by atoms with van der Waals surface area (Å²) in [6, 6.07) is 19.5. The van der Waals surface area contributed by atoms with E-state index < -0.39 is 5.97 Å². The first kappa shape index (κ1) is 20.6. The molecule has 0 radical (unpaired) electrons. The molecule has 0 saturated carbocycles. The van der Waals surface area contributed by atoms with Crippen molar-refractivity contribution in [2.45, 2.75) is 26.8 Å². The van der Waals surface area contributed by atoms with Gasteiger partial charge in [-0.2, -0.15) is 5.10 Å². The average Bonchev–Trinajstić information content (AvgIpc) is 3.10. The number of carbonyl (C=O) groups excluding carboxylic acids is 2. The first-order chi connectivity index (χ1) is 15.0. The van der Waals surface area contributed by atoms with E-state index in [-0.39, 0.29) is 12.5 Å². The Morgan fingerprint density at radius 1 is 0.968 bits per heavy atom. The highest BCUT2D eigenvalue weighted by Gasteiger charge is 2.17. The number of nitrogens with one attached hydrogen (secondary N) is 1. The molecule has 4 aromatic rings. The lowest BCUT2D eigenvalue weighted by Crippen LogP contribution is -2.30. The highest BCUT2D eigenvalue weighted by Crippen LogP contribution is 2.29. The Balaban J connectivity index is 1.37. The molecule has 0 aliphatic carbocycles. The molecule has 1 heterocycles. The third kappa shape index (κ3) is 4.58. The van der Waals surface area contributed by atoms with E-state index in [0.29, 0.717) is 12.1 Å². The van der Waals surface area contributed by atoms with E-state index in [2.05, 4.69) is 16.5 Å². The molecule has 1 aromatic heterocycles. The zero-order valence-electron chi connectivity index (χ0n) is 17.7. The molecular formula is C25H25N3O3. The third-order valence-electron chi connectivity index (χ3n) is 5.28. The molecule has 0 aliphatic rings. The van der Waals surface area contributed by atoms with Gasteiger partial charge in [0.2, 0.25) is 0 Å². The summed E-state index contributed by atoms with van der Waals surface area (Å²) in [6.45, 7) is 4.87. The number of esters is 1. The van der Waals surface area contributed by atoms with Crippen molar-refractivity contribution in [2.24, 2.45) is 0 Å². The summed E-state index contributed by atoms with van der Waals surface area (Å²) in [5.41, 5.74) is 2.57. The van der Waals surface area contributed by atoms with Gasteiger partial charge in [-0.3, -0.25) is 9.48 Å². The lowest BCUT2D eigenvalue weighted by Gasteiger charge is -2.11. The van der Waals surface area contributed by atoms with Crippen molar-refractivity contribution < 1.29 is 14.3 Å². The Morgan fingerprint density at radius 2 is 1.61 bits per heavy atom. The summed E-state index contributed by atoms with van der Waals surface area (Å²) in [4.78, 5) is 25.1. The first-order valence-corrected chi connectivity index (χ1v) is 10.4. The van der Waals surface area contributed by atoms with Crippen LogP contribution >= 0.6 is 0 Å². The first-order valence-electron chi connectivity index (χ1n) is 10.4. The third-order valence-corrected chi connectivity index (χ3v) is 5.28. The summed E-state index contributed by atoms with van der Waals surface area (Å²) in [7, 11) is 0. The van der Waals surface area contributed by atoms with Crippen LogP contribution in [-0.4, -0.2) is 34.8 Å². The molecule has 0 bridgehead atoms. The van der Waals surface area contributed by atoms with Crippen LogP contribution in [0.25, 0.3) is 21.5 Å². The molecule has 0 saturated heterocycles. The summed E-state index contributed by atoms with van der Waals surface area (Å²) in [6.07, 6.45) is 0.746. The van der Waals surface area contributed by atoms with Crippen LogP contribution in [0.1, 0.15) is 28.2 Å². The minimum atomic E-state index is -0.495. The fourth-order valence-electron chi connectivity index (χ4n) is 3.85. The summed E-state index contributed by atoms with van der Waals surface area (Å²) >= 11 is 0. The van der Waals surface area contributed by atoms with E-state index in [1.54, 1.807) is 0 Å². The number of fused-ring (bicyclic) bond motifs is 2. The van der Waals surface area contributed by atoms with Crippen molar-refractivity contribution in [1.82, 2.24) is 15.1 Å². The second kappa shape index (κ2) is 9.00. The van der Waals surface area contributed by atoms with Gasteiger partial charge in [0.15, 0.2) is 6.61 Å². The number of nitrogens with zero attached hydrogens (tertiary/aromatic N) is 2. The number of hydrogen-bond acceptors (Lipinski definition) is 4. The van der Waals surface area contributed by atoms with Crippen LogP contribution in [0.5, 0.6) is 0 Å². The summed E-state index contributed by atoms with van der Waals surface area (Å²) in [5, 5.41) is 10.8. The zero-order chi connectivity index (χ0) is 21.8. The number of aryl methyl sites for hydroxylation is 3. The van der Waals surface area contributed by atoms with Gasteiger partial charge < -0.3 is 10.1 Å². The molecule has 0 fully saturated rings. The molecular weight excluding hydrogens is 390 g/mol. The smallest absolute Gasteiger partial charge is 0.339 e. The fourth-order valence-corrected chi connectivity index (χ4v) is 3.85. The number of rotatable bonds is 7. The van der Waals surface area contributed by atoms with Crippen LogP contribution < -0.4 is 5.32 Å². The molecule has 4 rings (SSSR count). The highest BCUT2D eigenvalue weighted by atomic mass is 16.5. The maximum Gasteiger partial charge on any atom is 0.339 e. The molecule has 6 nitrogen and oxygen atoms in total. The zero-order valence-corrected chi connectivity index (χ0v) is 17.7. The Labute approximate surface area is 180 Å². The summed E-state index contributed by atoms with van der Waals surface area (Å²) in [5.74, 6) is -0.808. The van der Waals surface area contributed by atoms with Crippen molar-refractivity contribution in [3.05, 3.63) is 77.6 Å². The number of amides is 1. The Kier molecular flexibility index (Phi) is 5.98. The monoisotopic (exact) mass is 415 g/mol. The van der Waals surface area contributed by atoms with Gasteiger partial charge in [0.05, 0.1) is 11.3 Å². The van der Waals surface area contributed by atoms with Crippen molar-refractivity contribution in [3.63, 3.8) is 0 Å². The van der Waals surface area contributed by atoms with Crippen molar-refractivity contribution in [2.75, 3.05) is 13.2 Å². The lowest BCUT2D eigenvalue weighted by atomic mass is 9.97. The van der Waals surface area contributed by atoms with Gasteiger partial charge in [0, 0.05) is 18.8 Å². The average molecular weight is 415 g/mol. The predicted octanol–water partition coefficient (Wildman–Crippen LogP) is 4.17. The Morgan fingerprint density at radius 3 is 2.23 bits per heavy atom. The van der Waals surface area contributed by atoms with Gasteiger partial charge in [0.1, 0.15) is 0 Å². The predicted molar refractivity (Wildman–Crippen MR) is 121 cm³/mol. The molecule has 0 aliphatic heterocycles. The van der Waals surface area contributed by atoms with Crippen molar-refractivity contribution in [1.29, 1.82) is 0 Å². The Hall–Kier alpha value is -3.67. The molecule has 0 unspecified atom stereocenters. The van der Waals surface area contributed by atoms with Gasteiger partial charge in [-0.05, 0) is 53.9 Å². The molecule has 6 heteroatoms. The second-order valence-electron chi connectivity index (χ2n) is 7.62. The van der Waals surface area contributed by atoms with E-state index in [0.717, 1.165) is 45.9 Å². The normalized spacial score (nSPS) is 11.0. The molecule has 0 atom stereocenters. The largest absolute Gasteiger partial charge is 0.452 e. The fraction of sp³-hybridized carbons (Fsp3) is 0.240. The van der Waals surface area contributed by atoms with E-state index >= 15 is 0 Å². The molecule has 1 amide bonds. The molecule has 31 heavy (non-hydrogen) atoms. The molecule has 3 aromatic carbocycles. The van der Waals surface area contributed by atoms with Crippen molar-refractivity contribution >= 4 is 33.4 Å². The van der Waals surface area contributed by atoms with Gasteiger partial charge in [0.25, 0.3) is 5.91 Å². The van der Waals surface area contributed by atoms with Gasteiger partial charge in [-0.15, -0.1) is 0 Å². The van der Waals surface area contributed by atoms with Gasteiger partial charge in [-0.1, -0.05) is 48.5 Å². The standard InChI is InChI=1S/C25H25N3O3/c1-17-14-18(2)28(27-17)13-7-12-26-23(29)16-31-25(30)24-21-10-5-3-8-19(21)15-20-9-4-6-11-22(20)24/h3-6,8-11,14-15H,7,12-13,16H2,1-2H3,(H,26,29). The number of ether oxygens (including phenoxy) is 1. The molecule has 158 valence electrons. The number of carbonyl (C=O) groups is 2. The Bertz CT molecular complexity index is 1210. The van der Waals surface area contributed by atoms with E-state index in [1.165, 1.54) is 0 Å². The van der Waals surface area contributed by atoms with E-state index in [9.17, 15) is 9.59 Å². The van der Waals surface area contributed by atoms with Gasteiger partial charge in [-0.25, -0.2) is 4.79 Å². The SMILES string of the molecule is Cc1cc(C)n(CCCNC(=O)COC(=O)c2c3ccccc3cc3ccccc23)n1. The number of benzene rings is 3. The second-order valence-corrected chi connectivity index (χ2v) is 7.62. The highest BCUT2D eigenvalue weighted by molar-refractivity contribution is 6.16. The van der Waals surface area contributed by atoms with Crippen LogP contribution in [0.3, 0.4) is 0 Å². The van der Waals surface area contributed by atoms with E-state index in [4.69, 9.17) is 4.74 Å². The van der Waals surface area contributed by atoms with Crippen LogP contribution in [-0.2, 0) is 16.1 Å². The quantitative estimate of drug-likeness (QED) is 0.279. The molecule has 0 spiro atoms. The van der Waals surface area contributed by atoms with Crippen LogP contribution in [0.2, 0.25) is 0 Å².